The fourth-order valence-electron chi connectivity index (χ4n) is 2.11. The van der Waals surface area contributed by atoms with Crippen molar-refractivity contribution in [1.29, 1.82) is 0 Å². The molecule has 3 N–H and O–H groups in total. The molecule has 0 spiro atoms. The van der Waals surface area contributed by atoms with Crippen molar-refractivity contribution in [3.63, 3.8) is 0 Å². The molecule has 0 heterocycles. The highest BCUT2D eigenvalue weighted by atomic mass is 15.2. The molecule has 0 aromatic rings. The molecule has 2 heteroatoms. The molecule has 0 aromatic heterocycles. The number of nitrogens with two attached hydrogens (primary N) is 1. The van der Waals surface area contributed by atoms with Gasteiger partial charge in [-0.2, -0.15) is 0 Å². The highest BCUT2D eigenvalue weighted by Gasteiger charge is 2.17. The summed E-state index contributed by atoms with van der Waals surface area (Å²) in [5.74, 6) is 7.12. The first-order valence-electron chi connectivity index (χ1n) is 4.76. The number of hydrazine groups is 1. The zero-order chi connectivity index (χ0) is 8.10. The van der Waals surface area contributed by atoms with Crippen LogP contribution in [0.1, 0.15) is 39.0 Å². The van der Waals surface area contributed by atoms with E-state index in [0.29, 0.717) is 0 Å². The van der Waals surface area contributed by atoms with Crippen molar-refractivity contribution in [2.75, 3.05) is 6.54 Å². The maximum Gasteiger partial charge on any atom is 0.01000 e. The van der Waals surface area contributed by atoms with Crippen LogP contribution in [0.15, 0.2) is 0 Å². The maximum atomic E-state index is 5.23. The van der Waals surface area contributed by atoms with Crippen molar-refractivity contribution in [2.24, 2.45) is 17.7 Å². The largest absolute Gasteiger partial charge is 0.271 e. The molecule has 1 aliphatic carbocycles. The fraction of sp³-hybridized carbons (Fsp3) is 1.00. The summed E-state index contributed by atoms with van der Waals surface area (Å²) in [6.45, 7) is 3.35. The number of rotatable bonds is 3. The molecule has 2 nitrogen and oxygen atoms in total. The Morgan fingerprint density at radius 1 is 1.45 bits per heavy atom. The average molecular weight is 156 g/mol. The van der Waals surface area contributed by atoms with Gasteiger partial charge in [0.2, 0.25) is 0 Å². The van der Waals surface area contributed by atoms with E-state index >= 15 is 0 Å². The Morgan fingerprint density at radius 2 is 2.27 bits per heavy atom. The van der Waals surface area contributed by atoms with Gasteiger partial charge >= 0.3 is 0 Å². The third kappa shape index (κ3) is 3.21. The normalized spacial score (nSPS) is 32.2. The van der Waals surface area contributed by atoms with E-state index in [-0.39, 0.29) is 0 Å². The first-order chi connectivity index (χ1) is 5.33. The molecule has 1 saturated carbocycles. The maximum absolute atomic E-state index is 5.23. The van der Waals surface area contributed by atoms with Gasteiger partial charge in [0.15, 0.2) is 0 Å². The van der Waals surface area contributed by atoms with Crippen LogP contribution in [0.4, 0.5) is 0 Å². The Balaban J connectivity index is 2.12. The van der Waals surface area contributed by atoms with Crippen molar-refractivity contribution in [3.8, 4) is 0 Å². The summed E-state index contributed by atoms with van der Waals surface area (Å²) in [5.41, 5.74) is 2.73. The topological polar surface area (TPSA) is 38.0 Å². The van der Waals surface area contributed by atoms with Gasteiger partial charge in [0, 0.05) is 6.54 Å². The van der Waals surface area contributed by atoms with Crippen LogP contribution in [-0.2, 0) is 0 Å². The molecule has 0 amide bonds. The molecule has 66 valence electrons. The lowest BCUT2D eigenvalue weighted by atomic mass is 9.81. The second-order valence-electron chi connectivity index (χ2n) is 3.88. The Labute approximate surface area is 69.5 Å². The zero-order valence-electron chi connectivity index (χ0n) is 7.47. The lowest BCUT2D eigenvalue weighted by Crippen LogP contribution is -2.26. The minimum Gasteiger partial charge on any atom is -0.271 e. The smallest absolute Gasteiger partial charge is 0.01000 e. The van der Waals surface area contributed by atoms with Crippen LogP contribution in [0.25, 0.3) is 0 Å². The van der Waals surface area contributed by atoms with Crippen LogP contribution in [0, 0.1) is 11.8 Å². The zero-order valence-corrected chi connectivity index (χ0v) is 7.47. The third-order valence-corrected chi connectivity index (χ3v) is 2.74. The van der Waals surface area contributed by atoms with Gasteiger partial charge in [-0.05, 0) is 24.7 Å². The van der Waals surface area contributed by atoms with Gasteiger partial charge in [-0.15, -0.1) is 0 Å². The molecule has 1 aliphatic rings. The summed E-state index contributed by atoms with van der Waals surface area (Å²) < 4.78 is 0. The molecule has 1 rings (SSSR count). The van der Waals surface area contributed by atoms with Gasteiger partial charge in [0.1, 0.15) is 0 Å². The van der Waals surface area contributed by atoms with Crippen LogP contribution in [0.5, 0.6) is 0 Å². The second kappa shape index (κ2) is 4.73. The predicted molar refractivity (Wildman–Crippen MR) is 47.9 cm³/mol. The summed E-state index contributed by atoms with van der Waals surface area (Å²) in [6, 6.07) is 0. The van der Waals surface area contributed by atoms with Crippen LogP contribution in [0.3, 0.4) is 0 Å². The van der Waals surface area contributed by atoms with Gasteiger partial charge in [-0.25, -0.2) is 0 Å². The summed E-state index contributed by atoms with van der Waals surface area (Å²) in [4.78, 5) is 0. The summed E-state index contributed by atoms with van der Waals surface area (Å²) in [6.07, 6.45) is 6.97. The van der Waals surface area contributed by atoms with E-state index in [4.69, 9.17) is 5.84 Å². The molecule has 0 bridgehead atoms. The van der Waals surface area contributed by atoms with E-state index < -0.39 is 0 Å². The Kier molecular flexibility index (Phi) is 3.87. The molecule has 11 heavy (non-hydrogen) atoms. The average Bonchev–Trinajstić information content (AvgIpc) is 2.01. The molecule has 1 fully saturated rings. The van der Waals surface area contributed by atoms with Gasteiger partial charge < -0.3 is 0 Å². The van der Waals surface area contributed by atoms with Crippen LogP contribution in [0.2, 0.25) is 0 Å². The summed E-state index contributed by atoms with van der Waals surface area (Å²) in [7, 11) is 0. The molecular weight excluding hydrogens is 136 g/mol. The standard InChI is InChI=1S/C9H20N2/c1-8-3-2-4-9(7-8)5-6-11-10/h8-9,11H,2-7,10H2,1H3. The van der Waals surface area contributed by atoms with E-state index in [1.54, 1.807) is 0 Å². The predicted octanol–water partition coefficient (Wildman–Crippen LogP) is 1.67. The number of hydrogen-bond acceptors (Lipinski definition) is 2. The molecule has 0 aliphatic heterocycles. The Morgan fingerprint density at radius 3 is 2.91 bits per heavy atom. The second-order valence-corrected chi connectivity index (χ2v) is 3.88. The lowest BCUT2D eigenvalue weighted by Gasteiger charge is -2.26. The monoisotopic (exact) mass is 156 g/mol. The van der Waals surface area contributed by atoms with Crippen molar-refractivity contribution in [3.05, 3.63) is 0 Å². The molecule has 2 atom stereocenters. The summed E-state index contributed by atoms with van der Waals surface area (Å²) >= 11 is 0. The Hall–Kier alpha value is -0.0800. The minimum absolute atomic E-state index is 0.940. The molecule has 0 radical (unpaired) electrons. The van der Waals surface area contributed by atoms with Crippen molar-refractivity contribution in [1.82, 2.24) is 5.43 Å². The van der Waals surface area contributed by atoms with Crippen LogP contribution in [-0.4, -0.2) is 6.54 Å². The molecule has 0 saturated heterocycles. The van der Waals surface area contributed by atoms with E-state index in [2.05, 4.69) is 12.3 Å². The highest BCUT2D eigenvalue weighted by molar-refractivity contribution is 4.70. The first kappa shape index (κ1) is 9.01. The van der Waals surface area contributed by atoms with Crippen LogP contribution >= 0.6 is 0 Å². The van der Waals surface area contributed by atoms with Crippen LogP contribution < -0.4 is 11.3 Å². The van der Waals surface area contributed by atoms with E-state index in [1.165, 1.54) is 32.1 Å². The van der Waals surface area contributed by atoms with Gasteiger partial charge in [-0.3, -0.25) is 11.3 Å². The fourth-order valence-corrected chi connectivity index (χ4v) is 2.11. The summed E-state index contributed by atoms with van der Waals surface area (Å²) in [5, 5.41) is 0. The molecule has 2 unspecified atom stereocenters. The highest BCUT2D eigenvalue weighted by Crippen LogP contribution is 2.30. The van der Waals surface area contributed by atoms with Crippen molar-refractivity contribution < 1.29 is 0 Å². The quantitative estimate of drug-likeness (QED) is 0.482. The number of nitrogens with one attached hydrogen (secondary N) is 1. The van der Waals surface area contributed by atoms with Gasteiger partial charge in [0.05, 0.1) is 0 Å². The third-order valence-electron chi connectivity index (χ3n) is 2.74. The van der Waals surface area contributed by atoms with E-state index in [0.717, 1.165) is 18.4 Å². The van der Waals surface area contributed by atoms with Gasteiger partial charge in [-0.1, -0.05) is 26.2 Å². The Bertz CT molecular complexity index is 104. The molecular formula is C9H20N2. The number of hydrogen-bond donors (Lipinski definition) is 2. The first-order valence-corrected chi connectivity index (χ1v) is 4.76. The van der Waals surface area contributed by atoms with Crippen molar-refractivity contribution in [2.45, 2.75) is 39.0 Å². The molecule has 0 aromatic carbocycles. The lowest BCUT2D eigenvalue weighted by molar-refractivity contribution is 0.268. The van der Waals surface area contributed by atoms with E-state index in [9.17, 15) is 0 Å². The van der Waals surface area contributed by atoms with Crippen molar-refractivity contribution >= 4 is 0 Å². The van der Waals surface area contributed by atoms with E-state index in [1.807, 2.05) is 0 Å². The SMILES string of the molecule is CC1CCCC(CCNN)C1. The van der Waals surface area contributed by atoms with Gasteiger partial charge in [0.25, 0.3) is 0 Å². The minimum atomic E-state index is 0.940.